The zero-order valence-electron chi connectivity index (χ0n) is 8.62. The summed E-state index contributed by atoms with van der Waals surface area (Å²) in [5, 5.41) is 1.06. The van der Waals surface area contributed by atoms with Crippen LogP contribution < -0.4 is 0 Å². The van der Waals surface area contributed by atoms with Gasteiger partial charge in [0.25, 0.3) is 0 Å². The molecule has 0 aliphatic carbocycles. The first kappa shape index (κ1) is 11.4. The summed E-state index contributed by atoms with van der Waals surface area (Å²) in [5.41, 5.74) is 2.88. The molecule has 1 unspecified atom stereocenters. The van der Waals surface area contributed by atoms with Gasteiger partial charge in [-0.05, 0) is 18.9 Å². The van der Waals surface area contributed by atoms with Gasteiger partial charge in [0.1, 0.15) is 0 Å². The van der Waals surface area contributed by atoms with Crippen molar-refractivity contribution in [2.24, 2.45) is 0 Å². The number of rotatable bonds is 5. The molecule has 0 spiro atoms. The van der Waals surface area contributed by atoms with Crippen LogP contribution >= 0.6 is 15.9 Å². The molecule has 1 aliphatic heterocycles. The van der Waals surface area contributed by atoms with Crippen molar-refractivity contribution in [3.8, 4) is 0 Å². The first-order chi connectivity index (χ1) is 6.77. The van der Waals surface area contributed by atoms with Crippen molar-refractivity contribution in [3.05, 3.63) is 30.8 Å². The summed E-state index contributed by atoms with van der Waals surface area (Å²) < 4.78 is 0. The molecule has 1 rings (SSSR count). The number of halogens is 1. The van der Waals surface area contributed by atoms with E-state index in [0.717, 1.165) is 18.4 Å². The Bertz CT molecular complexity index is 244. The van der Waals surface area contributed by atoms with Gasteiger partial charge in [-0.3, -0.25) is 0 Å². The normalized spacial score (nSPS) is 17.0. The minimum atomic E-state index is 0.436. The molecule has 2 nitrogen and oxygen atoms in total. The van der Waals surface area contributed by atoms with Crippen molar-refractivity contribution >= 4 is 15.9 Å². The topological polar surface area (TPSA) is 6.48 Å². The first-order valence-corrected chi connectivity index (χ1v) is 5.96. The number of alkyl halides is 1. The highest BCUT2D eigenvalue weighted by atomic mass is 79.9. The van der Waals surface area contributed by atoms with Crippen molar-refractivity contribution in [2.45, 2.75) is 18.9 Å². The van der Waals surface area contributed by atoms with Crippen molar-refractivity contribution in [1.82, 2.24) is 9.80 Å². The summed E-state index contributed by atoms with van der Waals surface area (Å²) in [4.78, 5) is 4.47. The summed E-state index contributed by atoms with van der Waals surface area (Å²) in [6.07, 6.45) is 8.60. The third kappa shape index (κ3) is 3.24. The summed E-state index contributed by atoms with van der Waals surface area (Å²) in [6.45, 7) is 4.61. The van der Waals surface area contributed by atoms with E-state index >= 15 is 0 Å². The van der Waals surface area contributed by atoms with Crippen LogP contribution in [-0.4, -0.2) is 34.9 Å². The lowest BCUT2D eigenvalue weighted by molar-refractivity contribution is 0.251. The van der Waals surface area contributed by atoms with E-state index in [1.807, 2.05) is 6.08 Å². The van der Waals surface area contributed by atoms with E-state index < -0.39 is 0 Å². The van der Waals surface area contributed by atoms with Crippen molar-refractivity contribution in [1.29, 1.82) is 0 Å². The van der Waals surface area contributed by atoms with E-state index in [2.05, 4.69) is 57.5 Å². The lowest BCUT2D eigenvalue weighted by Gasteiger charge is -2.25. The maximum Gasteiger partial charge on any atom is 0.0896 e. The zero-order chi connectivity index (χ0) is 10.4. The quantitative estimate of drug-likeness (QED) is 0.551. The van der Waals surface area contributed by atoms with Gasteiger partial charge in [0, 0.05) is 24.8 Å². The van der Waals surface area contributed by atoms with E-state index in [1.165, 1.54) is 6.42 Å². The van der Waals surface area contributed by atoms with Gasteiger partial charge in [0.05, 0.1) is 12.7 Å². The molecule has 14 heavy (non-hydrogen) atoms. The Hall–Kier alpha value is -0.660. The lowest BCUT2D eigenvalue weighted by Crippen LogP contribution is -2.31. The fraction of sp³-hybridized carbons (Fsp3) is 0.545. The van der Waals surface area contributed by atoms with Crippen LogP contribution in [0.1, 0.15) is 12.8 Å². The van der Waals surface area contributed by atoms with Crippen LogP contribution in [0, 0.1) is 0 Å². The van der Waals surface area contributed by atoms with Crippen molar-refractivity contribution in [3.63, 3.8) is 0 Å². The molecule has 1 aliphatic rings. The molecule has 0 amide bonds. The van der Waals surface area contributed by atoms with Gasteiger partial charge in [-0.1, -0.05) is 22.5 Å². The average Bonchev–Trinajstić information content (AvgIpc) is 2.59. The summed E-state index contributed by atoms with van der Waals surface area (Å²) >= 11 is 3.45. The monoisotopic (exact) mass is 256 g/mol. The van der Waals surface area contributed by atoms with Crippen molar-refractivity contribution < 1.29 is 0 Å². The third-order valence-electron chi connectivity index (χ3n) is 2.27. The van der Waals surface area contributed by atoms with Gasteiger partial charge in [-0.25, -0.2) is 0 Å². The maximum atomic E-state index is 3.64. The lowest BCUT2D eigenvalue weighted by atomic mass is 10.1. The predicted octanol–water partition coefficient (Wildman–Crippen LogP) is 2.55. The van der Waals surface area contributed by atoms with Gasteiger partial charge < -0.3 is 9.80 Å². The molecular formula is C11H17BrN2. The molecule has 3 heteroatoms. The Morgan fingerprint density at radius 2 is 2.43 bits per heavy atom. The summed E-state index contributed by atoms with van der Waals surface area (Å²) in [7, 11) is 2.08. The van der Waals surface area contributed by atoms with E-state index in [-0.39, 0.29) is 0 Å². The largest absolute Gasteiger partial charge is 0.362 e. The molecule has 0 radical (unpaired) electrons. The maximum absolute atomic E-state index is 3.64. The Kier molecular flexibility index (Phi) is 4.85. The molecule has 0 saturated heterocycles. The Morgan fingerprint density at radius 1 is 1.64 bits per heavy atom. The molecule has 78 valence electrons. The summed E-state index contributed by atoms with van der Waals surface area (Å²) in [5.74, 6) is 0. The highest BCUT2D eigenvalue weighted by molar-refractivity contribution is 9.09. The van der Waals surface area contributed by atoms with Gasteiger partial charge >= 0.3 is 0 Å². The number of nitrogens with zero attached hydrogens (tertiary/aromatic N) is 2. The minimum Gasteiger partial charge on any atom is -0.362 e. The molecule has 0 saturated carbocycles. The van der Waals surface area contributed by atoms with Crippen molar-refractivity contribution in [2.75, 3.05) is 19.0 Å². The predicted molar refractivity (Wildman–Crippen MR) is 64.1 cm³/mol. The molecule has 0 fully saturated rings. The van der Waals surface area contributed by atoms with E-state index in [9.17, 15) is 0 Å². The molecule has 0 aromatic carbocycles. The second-order valence-corrected chi connectivity index (χ2v) is 4.27. The molecular weight excluding hydrogens is 240 g/mol. The van der Waals surface area contributed by atoms with Crippen LogP contribution in [-0.2, 0) is 0 Å². The SMILES string of the molecule is C=C=CC(CCCBr)N1C=CN(C)C1. The number of hydrogen-bond acceptors (Lipinski definition) is 2. The minimum absolute atomic E-state index is 0.436. The zero-order valence-corrected chi connectivity index (χ0v) is 10.2. The van der Waals surface area contributed by atoms with Gasteiger partial charge in [0.2, 0.25) is 0 Å². The highest BCUT2D eigenvalue weighted by Crippen LogP contribution is 2.14. The smallest absolute Gasteiger partial charge is 0.0896 e. The fourth-order valence-electron chi connectivity index (χ4n) is 1.53. The van der Waals surface area contributed by atoms with Crippen LogP contribution in [0.25, 0.3) is 0 Å². The number of hydrogen-bond donors (Lipinski definition) is 0. The Morgan fingerprint density at radius 3 is 2.93 bits per heavy atom. The van der Waals surface area contributed by atoms with E-state index in [1.54, 1.807) is 0 Å². The Balaban J connectivity index is 2.50. The van der Waals surface area contributed by atoms with Gasteiger partial charge in [-0.15, -0.1) is 5.73 Å². The first-order valence-electron chi connectivity index (χ1n) is 4.84. The van der Waals surface area contributed by atoms with Crippen LogP contribution in [0.4, 0.5) is 0 Å². The van der Waals surface area contributed by atoms with Gasteiger partial charge in [-0.2, -0.15) is 0 Å². The molecule has 1 atom stereocenters. The van der Waals surface area contributed by atoms with E-state index in [4.69, 9.17) is 0 Å². The van der Waals surface area contributed by atoms with Crippen LogP contribution in [0.5, 0.6) is 0 Å². The highest BCUT2D eigenvalue weighted by Gasteiger charge is 2.16. The second-order valence-electron chi connectivity index (χ2n) is 3.48. The molecule has 0 aromatic heterocycles. The summed E-state index contributed by atoms with van der Waals surface area (Å²) in [6, 6.07) is 0.436. The van der Waals surface area contributed by atoms with Crippen LogP contribution in [0.3, 0.4) is 0 Å². The van der Waals surface area contributed by atoms with Crippen LogP contribution in [0.15, 0.2) is 30.8 Å². The average molecular weight is 257 g/mol. The van der Waals surface area contributed by atoms with Gasteiger partial charge in [0.15, 0.2) is 0 Å². The third-order valence-corrected chi connectivity index (χ3v) is 2.83. The van der Waals surface area contributed by atoms with Crippen LogP contribution in [0.2, 0.25) is 0 Å². The molecule has 0 bridgehead atoms. The molecule has 0 aromatic rings. The standard InChI is InChI=1S/C11H17BrN2/c1-3-5-11(6-4-7-12)14-9-8-13(2)10-14/h5,8-9,11H,1,4,6-7,10H2,2H3. The fourth-order valence-corrected chi connectivity index (χ4v) is 1.86. The van der Waals surface area contributed by atoms with E-state index in [0.29, 0.717) is 6.04 Å². The molecule has 0 N–H and O–H groups in total. The Labute approximate surface area is 94.7 Å². The molecule has 1 heterocycles. The second kappa shape index (κ2) is 5.94.